The maximum Gasteiger partial charge on any atom is 0.113 e. The van der Waals surface area contributed by atoms with Crippen LogP contribution in [0.3, 0.4) is 0 Å². The summed E-state index contributed by atoms with van der Waals surface area (Å²) in [6.45, 7) is 2.23. The molecule has 2 rings (SSSR count). The van der Waals surface area contributed by atoms with Gasteiger partial charge in [-0.25, -0.2) is 4.39 Å². The molecule has 0 amide bonds. The van der Waals surface area contributed by atoms with E-state index in [0.717, 1.165) is 57.3 Å². The summed E-state index contributed by atoms with van der Waals surface area (Å²) in [6, 6.07) is 2.35. The first kappa shape index (κ1) is 14.8. The molecule has 2 aliphatic rings. The fourth-order valence-electron chi connectivity index (χ4n) is 4.09. The summed E-state index contributed by atoms with van der Waals surface area (Å²) in [4.78, 5) is 0. The minimum Gasteiger partial charge on any atom is -0.244 e. The van der Waals surface area contributed by atoms with E-state index in [9.17, 15) is 0 Å². The summed E-state index contributed by atoms with van der Waals surface area (Å²) < 4.78 is 15.1. The van der Waals surface area contributed by atoms with Crippen molar-refractivity contribution in [3.63, 3.8) is 0 Å². The first-order chi connectivity index (χ1) is 9.18. The first-order valence-electron chi connectivity index (χ1n) is 8.26. The summed E-state index contributed by atoms with van der Waals surface area (Å²) in [6.07, 6.45) is 11.3. The first-order valence-corrected chi connectivity index (χ1v) is 8.26. The van der Waals surface area contributed by atoms with Crippen molar-refractivity contribution in [2.45, 2.75) is 83.2 Å². The average Bonchev–Trinajstić information content (AvgIpc) is 2.47. The van der Waals surface area contributed by atoms with Crippen molar-refractivity contribution in [1.82, 2.24) is 0 Å². The molecule has 0 radical (unpaired) electrons. The zero-order chi connectivity index (χ0) is 13.7. The highest BCUT2D eigenvalue weighted by atomic mass is 19.1. The highest BCUT2D eigenvalue weighted by molar-refractivity contribution is 4.96. The smallest absolute Gasteiger partial charge is 0.113 e. The van der Waals surface area contributed by atoms with Crippen LogP contribution < -0.4 is 0 Å². The normalized spacial score (nSPS) is 39.7. The van der Waals surface area contributed by atoms with E-state index in [4.69, 9.17) is 5.26 Å². The van der Waals surface area contributed by atoms with Crippen LogP contribution in [0.1, 0.15) is 77.6 Å². The number of alkyl halides is 1. The van der Waals surface area contributed by atoms with Gasteiger partial charge in [-0.3, -0.25) is 0 Å². The predicted molar refractivity (Wildman–Crippen MR) is 76.4 cm³/mol. The van der Waals surface area contributed by atoms with Gasteiger partial charge < -0.3 is 0 Å². The van der Waals surface area contributed by atoms with Crippen molar-refractivity contribution in [1.29, 1.82) is 5.26 Å². The van der Waals surface area contributed by atoms with Crippen LogP contribution in [0.25, 0.3) is 0 Å². The molecule has 0 aromatic heterocycles. The van der Waals surface area contributed by atoms with Gasteiger partial charge in [-0.05, 0) is 63.2 Å². The Morgan fingerprint density at radius 3 is 2.26 bits per heavy atom. The molecule has 1 nitrogen and oxygen atoms in total. The molecule has 2 heteroatoms. The second kappa shape index (κ2) is 6.73. The van der Waals surface area contributed by atoms with E-state index >= 15 is 4.39 Å². The van der Waals surface area contributed by atoms with Gasteiger partial charge in [0.25, 0.3) is 0 Å². The Morgan fingerprint density at radius 2 is 1.74 bits per heavy atom. The Kier molecular flexibility index (Phi) is 5.25. The summed E-state index contributed by atoms with van der Waals surface area (Å²) in [5, 5.41) is 8.93. The lowest BCUT2D eigenvalue weighted by molar-refractivity contribution is 0.000771. The van der Waals surface area contributed by atoms with Crippen LogP contribution in [0.15, 0.2) is 0 Å². The van der Waals surface area contributed by atoms with Gasteiger partial charge in [-0.2, -0.15) is 5.26 Å². The SMILES string of the molecule is CCCCC1CCC(F)([C@H]2CC[C@H](C#N)CC2)CC1. The van der Waals surface area contributed by atoms with Gasteiger partial charge in [0, 0.05) is 5.92 Å². The third-order valence-corrected chi connectivity index (χ3v) is 5.54. The molecule has 0 aromatic carbocycles. The van der Waals surface area contributed by atoms with E-state index in [0.29, 0.717) is 0 Å². The molecule has 0 aromatic rings. The topological polar surface area (TPSA) is 23.8 Å². The number of hydrogen-bond donors (Lipinski definition) is 0. The Bertz CT molecular complexity index is 304. The van der Waals surface area contributed by atoms with Gasteiger partial charge in [0.2, 0.25) is 0 Å². The number of hydrogen-bond acceptors (Lipinski definition) is 1. The number of rotatable bonds is 4. The zero-order valence-corrected chi connectivity index (χ0v) is 12.3. The molecule has 2 saturated carbocycles. The van der Waals surface area contributed by atoms with Crippen LogP contribution in [0, 0.1) is 29.1 Å². The molecule has 108 valence electrons. The van der Waals surface area contributed by atoms with E-state index in [2.05, 4.69) is 13.0 Å². The maximum atomic E-state index is 15.1. The van der Waals surface area contributed by atoms with E-state index in [1.165, 1.54) is 19.3 Å². The van der Waals surface area contributed by atoms with Crippen molar-refractivity contribution in [2.24, 2.45) is 17.8 Å². The summed E-state index contributed by atoms with van der Waals surface area (Å²) in [5.74, 6) is 1.21. The van der Waals surface area contributed by atoms with Crippen molar-refractivity contribution >= 4 is 0 Å². The number of unbranched alkanes of at least 4 members (excludes halogenated alkanes) is 1. The lowest BCUT2D eigenvalue weighted by atomic mass is 9.67. The van der Waals surface area contributed by atoms with E-state index in [1.54, 1.807) is 0 Å². The highest BCUT2D eigenvalue weighted by Crippen LogP contribution is 2.47. The van der Waals surface area contributed by atoms with Gasteiger partial charge in [0.1, 0.15) is 5.67 Å². The molecule has 0 unspecified atom stereocenters. The summed E-state index contributed by atoms with van der Waals surface area (Å²) in [5.41, 5.74) is -0.900. The van der Waals surface area contributed by atoms with Crippen molar-refractivity contribution in [3.8, 4) is 6.07 Å². The number of nitriles is 1. The molecule has 0 bridgehead atoms. The molecule has 0 N–H and O–H groups in total. The van der Waals surface area contributed by atoms with Gasteiger partial charge in [0.15, 0.2) is 0 Å². The van der Waals surface area contributed by atoms with Crippen LogP contribution in [-0.4, -0.2) is 5.67 Å². The average molecular weight is 265 g/mol. The fraction of sp³-hybridized carbons (Fsp3) is 0.941. The van der Waals surface area contributed by atoms with E-state index in [-0.39, 0.29) is 11.8 Å². The monoisotopic (exact) mass is 265 g/mol. The van der Waals surface area contributed by atoms with Gasteiger partial charge >= 0.3 is 0 Å². The Morgan fingerprint density at radius 1 is 1.11 bits per heavy atom. The molecule has 0 atom stereocenters. The quantitative estimate of drug-likeness (QED) is 0.667. The Balaban J connectivity index is 1.80. The van der Waals surface area contributed by atoms with Crippen molar-refractivity contribution in [2.75, 3.05) is 0 Å². The van der Waals surface area contributed by atoms with Crippen molar-refractivity contribution < 1.29 is 4.39 Å². The second-order valence-corrected chi connectivity index (χ2v) is 6.80. The van der Waals surface area contributed by atoms with Crippen molar-refractivity contribution in [3.05, 3.63) is 0 Å². The molecule has 0 spiro atoms. The van der Waals surface area contributed by atoms with Crippen LogP contribution in [0.2, 0.25) is 0 Å². The summed E-state index contributed by atoms with van der Waals surface area (Å²) in [7, 11) is 0. The van der Waals surface area contributed by atoms with E-state index < -0.39 is 5.67 Å². The molecule has 2 fully saturated rings. The minimum absolute atomic E-state index is 0.195. The van der Waals surface area contributed by atoms with Gasteiger partial charge in [-0.1, -0.05) is 26.2 Å². The maximum absolute atomic E-state index is 15.1. The van der Waals surface area contributed by atoms with Crippen LogP contribution in [0.5, 0.6) is 0 Å². The Hall–Kier alpha value is -0.580. The zero-order valence-electron chi connectivity index (χ0n) is 12.3. The molecular weight excluding hydrogens is 237 g/mol. The predicted octanol–water partition coefficient (Wildman–Crippen LogP) is 5.41. The molecule has 0 aliphatic heterocycles. The third-order valence-electron chi connectivity index (χ3n) is 5.54. The molecular formula is C17H28FN. The number of halogens is 1. The third kappa shape index (κ3) is 3.71. The van der Waals surface area contributed by atoms with Gasteiger partial charge in [0.05, 0.1) is 6.07 Å². The van der Waals surface area contributed by atoms with E-state index in [1.807, 2.05) is 0 Å². The fourth-order valence-corrected chi connectivity index (χ4v) is 4.09. The largest absolute Gasteiger partial charge is 0.244 e. The van der Waals surface area contributed by atoms with Crippen LogP contribution in [0.4, 0.5) is 4.39 Å². The lowest BCUT2D eigenvalue weighted by Gasteiger charge is -2.42. The molecule has 19 heavy (non-hydrogen) atoms. The van der Waals surface area contributed by atoms with Gasteiger partial charge in [-0.15, -0.1) is 0 Å². The number of nitrogens with zero attached hydrogens (tertiary/aromatic N) is 1. The minimum atomic E-state index is -0.900. The molecule has 2 aliphatic carbocycles. The highest BCUT2D eigenvalue weighted by Gasteiger charge is 2.43. The van der Waals surface area contributed by atoms with Crippen LogP contribution in [-0.2, 0) is 0 Å². The summed E-state index contributed by atoms with van der Waals surface area (Å²) >= 11 is 0. The van der Waals surface area contributed by atoms with Crippen LogP contribution >= 0.6 is 0 Å². The second-order valence-electron chi connectivity index (χ2n) is 6.80. The lowest BCUT2D eigenvalue weighted by Crippen LogP contribution is -2.39. The molecule has 0 saturated heterocycles. The Labute approximate surface area is 117 Å². The molecule has 0 heterocycles. The standard InChI is InChI=1S/C17H28FN/c1-2-3-4-14-9-11-17(18,12-10-14)16-7-5-15(13-19)6-8-16/h14-16H,2-12H2,1H3/t14?,15-,16-,17?.